The van der Waals surface area contributed by atoms with Crippen LogP contribution < -0.4 is 5.73 Å². The van der Waals surface area contributed by atoms with Crippen LogP contribution in [0.1, 0.15) is 32.3 Å². The average Bonchev–Trinajstić information content (AvgIpc) is 2.23. The third-order valence-corrected chi connectivity index (χ3v) is 3.19. The van der Waals surface area contributed by atoms with Gasteiger partial charge in [-0.3, -0.25) is 0 Å². The molecule has 1 aromatic carbocycles. The Kier molecular flexibility index (Phi) is 4.12. The smallest absolute Gasteiger partial charge is 0.126 e. The molecule has 0 saturated heterocycles. The van der Waals surface area contributed by atoms with Crippen molar-refractivity contribution in [3.8, 4) is 0 Å². The van der Waals surface area contributed by atoms with Gasteiger partial charge in [-0.15, -0.1) is 0 Å². The number of benzene rings is 1. The first-order valence-electron chi connectivity index (χ1n) is 5.23. The highest BCUT2D eigenvalue weighted by atomic mass is 35.5. The Morgan fingerprint density at radius 3 is 2.47 bits per heavy atom. The maximum absolute atomic E-state index is 13.5. The van der Waals surface area contributed by atoms with Gasteiger partial charge in [0.05, 0.1) is 0 Å². The van der Waals surface area contributed by atoms with E-state index in [1.54, 1.807) is 12.1 Å². The van der Waals surface area contributed by atoms with Crippen molar-refractivity contribution in [3.05, 3.63) is 34.6 Å². The van der Waals surface area contributed by atoms with Crippen LogP contribution in [0, 0.1) is 5.82 Å². The quantitative estimate of drug-likeness (QED) is 0.840. The highest BCUT2D eigenvalue weighted by molar-refractivity contribution is 6.30. The highest BCUT2D eigenvalue weighted by Crippen LogP contribution is 2.22. The fourth-order valence-electron chi connectivity index (χ4n) is 1.56. The SMILES string of the molecule is CCC(N)(CC)Cc1cc(Cl)ccc1F. The zero-order valence-corrected chi connectivity index (χ0v) is 9.94. The standard InChI is InChI=1S/C12H17ClFN/c1-3-12(15,4-2)8-9-7-10(13)5-6-11(9)14/h5-7H,3-4,8,15H2,1-2H3. The molecule has 0 aliphatic carbocycles. The van der Waals surface area contributed by atoms with Crippen molar-refractivity contribution in [1.82, 2.24) is 0 Å². The fourth-order valence-corrected chi connectivity index (χ4v) is 1.75. The van der Waals surface area contributed by atoms with Crippen LogP contribution in [0.25, 0.3) is 0 Å². The van der Waals surface area contributed by atoms with Gasteiger partial charge in [-0.25, -0.2) is 4.39 Å². The van der Waals surface area contributed by atoms with E-state index < -0.39 is 0 Å². The first-order valence-corrected chi connectivity index (χ1v) is 5.61. The van der Waals surface area contributed by atoms with Gasteiger partial charge in [0.1, 0.15) is 5.82 Å². The third-order valence-electron chi connectivity index (χ3n) is 2.96. The molecule has 0 fully saturated rings. The maximum Gasteiger partial charge on any atom is 0.126 e. The van der Waals surface area contributed by atoms with Crippen LogP contribution in [0.4, 0.5) is 4.39 Å². The lowest BCUT2D eigenvalue weighted by atomic mass is 9.87. The Hall–Kier alpha value is -0.600. The van der Waals surface area contributed by atoms with E-state index >= 15 is 0 Å². The molecule has 0 aliphatic heterocycles. The van der Waals surface area contributed by atoms with Gasteiger partial charge in [0, 0.05) is 10.6 Å². The number of nitrogens with two attached hydrogens (primary N) is 1. The molecular formula is C12H17ClFN. The van der Waals surface area contributed by atoms with E-state index in [1.165, 1.54) is 6.07 Å². The first-order chi connectivity index (χ1) is 7.00. The average molecular weight is 230 g/mol. The topological polar surface area (TPSA) is 26.0 Å². The van der Waals surface area contributed by atoms with Gasteiger partial charge in [0.25, 0.3) is 0 Å². The monoisotopic (exact) mass is 229 g/mol. The van der Waals surface area contributed by atoms with Gasteiger partial charge in [0.2, 0.25) is 0 Å². The second-order valence-electron chi connectivity index (χ2n) is 3.98. The van der Waals surface area contributed by atoms with E-state index in [1.807, 2.05) is 13.8 Å². The predicted molar refractivity (Wildman–Crippen MR) is 62.6 cm³/mol. The summed E-state index contributed by atoms with van der Waals surface area (Å²) in [6.45, 7) is 4.04. The molecule has 0 aliphatic rings. The third kappa shape index (κ3) is 3.18. The van der Waals surface area contributed by atoms with Crippen LogP contribution in [0.2, 0.25) is 5.02 Å². The molecule has 0 aromatic heterocycles. The number of hydrogen-bond acceptors (Lipinski definition) is 1. The Morgan fingerprint density at radius 1 is 1.33 bits per heavy atom. The summed E-state index contributed by atoms with van der Waals surface area (Å²) >= 11 is 5.82. The van der Waals surface area contributed by atoms with E-state index in [-0.39, 0.29) is 11.4 Å². The van der Waals surface area contributed by atoms with Crippen molar-refractivity contribution in [3.63, 3.8) is 0 Å². The van der Waals surface area contributed by atoms with Gasteiger partial charge < -0.3 is 5.73 Å². The van der Waals surface area contributed by atoms with Gasteiger partial charge in [-0.05, 0) is 43.0 Å². The molecule has 0 saturated carbocycles. The van der Waals surface area contributed by atoms with Crippen LogP contribution in [-0.2, 0) is 6.42 Å². The maximum atomic E-state index is 13.5. The molecular weight excluding hydrogens is 213 g/mol. The summed E-state index contributed by atoms with van der Waals surface area (Å²) in [5, 5.41) is 0.556. The van der Waals surface area contributed by atoms with Crippen molar-refractivity contribution >= 4 is 11.6 Å². The molecule has 0 heterocycles. The zero-order valence-electron chi connectivity index (χ0n) is 9.19. The predicted octanol–water partition coefficient (Wildman–Crippen LogP) is 3.54. The van der Waals surface area contributed by atoms with Crippen molar-refractivity contribution in [2.24, 2.45) is 5.73 Å². The first kappa shape index (κ1) is 12.5. The van der Waals surface area contributed by atoms with Crippen molar-refractivity contribution < 1.29 is 4.39 Å². The van der Waals surface area contributed by atoms with Gasteiger partial charge in [-0.1, -0.05) is 25.4 Å². The van der Waals surface area contributed by atoms with Crippen LogP contribution >= 0.6 is 11.6 Å². The summed E-state index contributed by atoms with van der Waals surface area (Å²) in [5.41, 5.74) is 6.42. The molecule has 2 N–H and O–H groups in total. The second kappa shape index (κ2) is 4.95. The minimum atomic E-state index is -0.328. The van der Waals surface area contributed by atoms with Gasteiger partial charge in [-0.2, -0.15) is 0 Å². The number of halogens is 2. The van der Waals surface area contributed by atoms with Crippen molar-refractivity contribution in [2.75, 3.05) is 0 Å². The second-order valence-corrected chi connectivity index (χ2v) is 4.42. The molecule has 1 aromatic rings. The van der Waals surface area contributed by atoms with Crippen LogP contribution in [0.15, 0.2) is 18.2 Å². The summed E-state index contributed by atoms with van der Waals surface area (Å²) in [7, 11) is 0. The fraction of sp³-hybridized carbons (Fsp3) is 0.500. The molecule has 0 spiro atoms. The lowest BCUT2D eigenvalue weighted by molar-refractivity contribution is 0.387. The molecule has 0 amide bonds. The molecule has 15 heavy (non-hydrogen) atoms. The number of rotatable bonds is 4. The van der Waals surface area contributed by atoms with Crippen LogP contribution in [-0.4, -0.2) is 5.54 Å². The van der Waals surface area contributed by atoms with E-state index in [9.17, 15) is 4.39 Å². The Balaban J connectivity index is 2.92. The molecule has 84 valence electrons. The van der Waals surface area contributed by atoms with E-state index in [0.717, 1.165) is 12.8 Å². The van der Waals surface area contributed by atoms with Crippen molar-refractivity contribution in [1.29, 1.82) is 0 Å². The minimum absolute atomic E-state index is 0.226. The molecule has 3 heteroatoms. The largest absolute Gasteiger partial charge is 0.325 e. The lowest BCUT2D eigenvalue weighted by Crippen LogP contribution is -2.40. The van der Waals surface area contributed by atoms with Crippen molar-refractivity contribution in [2.45, 2.75) is 38.6 Å². The summed E-state index contributed by atoms with van der Waals surface area (Å²) in [6.07, 6.45) is 2.19. The Bertz CT molecular complexity index is 334. The normalized spacial score (nSPS) is 11.8. The van der Waals surface area contributed by atoms with E-state index in [0.29, 0.717) is 17.0 Å². The molecule has 0 unspecified atom stereocenters. The number of hydrogen-bond donors (Lipinski definition) is 1. The Labute approximate surface area is 95.4 Å². The summed E-state index contributed by atoms with van der Waals surface area (Å²) in [6, 6.07) is 4.60. The van der Waals surface area contributed by atoms with Gasteiger partial charge in [0.15, 0.2) is 0 Å². The lowest BCUT2D eigenvalue weighted by Gasteiger charge is -2.26. The van der Waals surface area contributed by atoms with Gasteiger partial charge >= 0.3 is 0 Å². The molecule has 1 rings (SSSR count). The van der Waals surface area contributed by atoms with E-state index in [4.69, 9.17) is 17.3 Å². The highest BCUT2D eigenvalue weighted by Gasteiger charge is 2.22. The Morgan fingerprint density at radius 2 is 1.93 bits per heavy atom. The summed E-state index contributed by atoms with van der Waals surface area (Å²) < 4.78 is 13.5. The summed E-state index contributed by atoms with van der Waals surface area (Å²) in [4.78, 5) is 0. The molecule has 0 radical (unpaired) electrons. The molecule has 1 nitrogen and oxygen atoms in total. The van der Waals surface area contributed by atoms with E-state index in [2.05, 4.69) is 0 Å². The van der Waals surface area contributed by atoms with Crippen LogP contribution in [0.3, 0.4) is 0 Å². The minimum Gasteiger partial charge on any atom is -0.325 e. The molecule has 0 bridgehead atoms. The zero-order chi connectivity index (χ0) is 11.5. The summed E-state index contributed by atoms with van der Waals surface area (Å²) in [5.74, 6) is -0.226. The molecule has 0 atom stereocenters. The van der Waals surface area contributed by atoms with Crippen LogP contribution in [0.5, 0.6) is 0 Å².